The average Bonchev–Trinajstić information content (AvgIpc) is 3.21. The molecule has 2 aromatic rings. The molecule has 2 aliphatic rings. The van der Waals surface area contributed by atoms with E-state index in [2.05, 4.69) is 5.32 Å². The molecule has 0 bridgehead atoms. The summed E-state index contributed by atoms with van der Waals surface area (Å²) in [6.07, 6.45) is 5.49. The van der Waals surface area contributed by atoms with Crippen LogP contribution in [0, 0.1) is 0 Å². The number of thioether (sulfide) groups is 1. The number of nitrogens with two attached hydrogens (primary N) is 1. The Morgan fingerprint density at radius 3 is 2.67 bits per heavy atom. The molecule has 1 saturated heterocycles. The molecule has 154 valence electrons. The van der Waals surface area contributed by atoms with Gasteiger partial charge in [0.2, 0.25) is 5.91 Å². The zero-order valence-corrected chi connectivity index (χ0v) is 18.4. The van der Waals surface area contributed by atoms with E-state index >= 15 is 0 Å². The van der Waals surface area contributed by atoms with Gasteiger partial charge >= 0.3 is 0 Å². The third-order valence-electron chi connectivity index (χ3n) is 4.94. The highest BCUT2D eigenvalue weighted by Gasteiger charge is 2.34. The number of anilines is 1. The lowest BCUT2D eigenvalue weighted by atomic mass is 9.95. The van der Waals surface area contributed by atoms with Crippen LogP contribution < -0.4 is 11.1 Å². The van der Waals surface area contributed by atoms with Crippen LogP contribution in [0.2, 0.25) is 0 Å². The van der Waals surface area contributed by atoms with Crippen LogP contribution in [0.1, 0.15) is 39.2 Å². The maximum atomic E-state index is 12.7. The van der Waals surface area contributed by atoms with Crippen LogP contribution in [0.4, 0.5) is 5.00 Å². The number of carbonyl (C=O) groups excluding carboxylic acids is 3. The lowest BCUT2D eigenvalue weighted by Gasteiger charge is -2.14. The zero-order chi connectivity index (χ0) is 21.3. The topological polar surface area (TPSA) is 92.5 Å². The number of hydrogen-bond acceptors (Lipinski definition) is 6. The minimum atomic E-state index is -0.541. The molecule has 3 N–H and O–H groups in total. The van der Waals surface area contributed by atoms with Gasteiger partial charge in [0, 0.05) is 4.88 Å². The molecule has 6 nitrogen and oxygen atoms in total. The van der Waals surface area contributed by atoms with Gasteiger partial charge in [-0.15, -0.1) is 11.3 Å². The number of nitrogens with one attached hydrogen (secondary N) is 1. The number of benzene rings is 1. The predicted octanol–water partition coefficient (Wildman–Crippen LogP) is 3.57. The molecule has 1 fully saturated rings. The van der Waals surface area contributed by atoms with E-state index in [9.17, 15) is 14.4 Å². The Balaban J connectivity index is 1.49. The standard InChI is InChI=1S/C21H19N3O3S3/c22-18(26)17-13-8-4-5-9-14(13)29-19(17)23-16(25)11-24-20(27)15(30-21(24)28)10-12-6-2-1-3-7-12/h1-3,6-7,10H,4-5,8-9,11H2,(H2,22,26)(H,23,25)/b15-10+. The fourth-order valence-corrected chi connectivity index (χ4v) is 6.13. The zero-order valence-electron chi connectivity index (χ0n) is 16.0. The summed E-state index contributed by atoms with van der Waals surface area (Å²) in [6, 6.07) is 9.45. The van der Waals surface area contributed by atoms with E-state index in [1.807, 2.05) is 30.3 Å². The first-order valence-electron chi connectivity index (χ1n) is 9.48. The maximum Gasteiger partial charge on any atom is 0.266 e. The summed E-state index contributed by atoms with van der Waals surface area (Å²) < 4.78 is 0.331. The lowest BCUT2D eigenvalue weighted by Crippen LogP contribution is -2.36. The van der Waals surface area contributed by atoms with Crippen LogP contribution in [-0.2, 0) is 22.4 Å². The second-order valence-electron chi connectivity index (χ2n) is 7.01. The van der Waals surface area contributed by atoms with E-state index in [1.54, 1.807) is 6.08 Å². The molecule has 1 aliphatic heterocycles. The lowest BCUT2D eigenvalue weighted by molar-refractivity contribution is -0.126. The van der Waals surface area contributed by atoms with E-state index in [0.29, 0.717) is 19.8 Å². The molecular formula is C21H19N3O3S3. The Kier molecular flexibility index (Phi) is 6.03. The fraction of sp³-hybridized carbons (Fsp3) is 0.238. The highest BCUT2D eigenvalue weighted by molar-refractivity contribution is 8.26. The van der Waals surface area contributed by atoms with Crippen molar-refractivity contribution in [1.82, 2.24) is 4.90 Å². The average molecular weight is 458 g/mol. The highest BCUT2D eigenvalue weighted by Crippen LogP contribution is 2.38. The molecule has 1 aliphatic carbocycles. The minimum absolute atomic E-state index is 0.211. The molecule has 2 heterocycles. The summed E-state index contributed by atoms with van der Waals surface area (Å²) in [6.45, 7) is -0.211. The predicted molar refractivity (Wildman–Crippen MR) is 124 cm³/mol. The summed E-state index contributed by atoms with van der Waals surface area (Å²) in [5, 5.41) is 3.24. The summed E-state index contributed by atoms with van der Waals surface area (Å²) in [7, 11) is 0. The second-order valence-corrected chi connectivity index (χ2v) is 9.79. The largest absolute Gasteiger partial charge is 0.365 e. The van der Waals surface area contributed by atoms with Crippen LogP contribution >= 0.6 is 35.3 Å². The van der Waals surface area contributed by atoms with Crippen LogP contribution in [0.3, 0.4) is 0 Å². The van der Waals surface area contributed by atoms with Gasteiger partial charge in [-0.2, -0.15) is 0 Å². The third kappa shape index (κ3) is 4.19. The van der Waals surface area contributed by atoms with Crippen LogP contribution in [-0.4, -0.2) is 33.5 Å². The number of fused-ring (bicyclic) bond motifs is 1. The number of rotatable bonds is 5. The molecular weight excluding hydrogens is 438 g/mol. The van der Waals surface area contributed by atoms with Gasteiger partial charge < -0.3 is 11.1 Å². The van der Waals surface area contributed by atoms with Gasteiger partial charge in [-0.05, 0) is 42.9 Å². The van der Waals surface area contributed by atoms with E-state index in [0.717, 1.165) is 41.7 Å². The van der Waals surface area contributed by atoms with Crippen molar-refractivity contribution in [3.63, 3.8) is 0 Å². The van der Waals surface area contributed by atoms with Crippen LogP contribution in [0.25, 0.3) is 6.08 Å². The third-order valence-corrected chi connectivity index (χ3v) is 7.53. The van der Waals surface area contributed by atoms with E-state index in [4.69, 9.17) is 18.0 Å². The van der Waals surface area contributed by atoms with E-state index in [-0.39, 0.29) is 12.5 Å². The molecule has 30 heavy (non-hydrogen) atoms. The Morgan fingerprint density at radius 2 is 1.93 bits per heavy atom. The normalized spacial score (nSPS) is 17.3. The van der Waals surface area contributed by atoms with Gasteiger partial charge in [0.05, 0.1) is 10.5 Å². The number of primary amides is 1. The highest BCUT2D eigenvalue weighted by atomic mass is 32.2. The summed E-state index contributed by atoms with van der Waals surface area (Å²) in [5.41, 5.74) is 7.81. The fourth-order valence-electron chi connectivity index (χ4n) is 3.56. The molecule has 0 atom stereocenters. The monoisotopic (exact) mass is 457 g/mol. The maximum absolute atomic E-state index is 12.7. The summed E-state index contributed by atoms with van der Waals surface area (Å²) in [5.74, 6) is -1.25. The van der Waals surface area contributed by atoms with Gasteiger partial charge in [-0.3, -0.25) is 19.3 Å². The molecule has 0 radical (unpaired) electrons. The first-order valence-corrected chi connectivity index (χ1v) is 11.5. The number of amides is 3. The van der Waals surface area contributed by atoms with Gasteiger partial charge in [0.1, 0.15) is 15.9 Å². The Hall–Kier alpha value is -2.49. The number of thiocarbonyl (C=S) groups is 1. The van der Waals surface area contributed by atoms with Gasteiger partial charge in [-0.1, -0.05) is 54.3 Å². The Morgan fingerprint density at radius 1 is 1.20 bits per heavy atom. The van der Waals surface area contributed by atoms with Gasteiger partial charge in [0.15, 0.2) is 0 Å². The van der Waals surface area contributed by atoms with Gasteiger partial charge in [0.25, 0.3) is 11.8 Å². The molecule has 1 aromatic heterocycles. The summed E-state index contributed by atoms with van der Waals surface area (Å²) >= 11 is 7.87. The molecule has 0 saturated carbocycles. The molecule has 3 amide bonds. The first kappa shape index (κ1) is 20.8. The van der Waals surface area contributed by atoms with Crippen LogP contribution in [0.5, 0.6) is 0 Å². The quantitative estimate of drug-likeness (QED) is 0.529. The van der Waals surface area contributed by atoms with Crippen molar-refractivity contribution in [1.29, 1.82) is 0 Å². The first-order chi connectivity index (χ1) is 14.4. The molecule has 4 rings (SSSR count). The van der Waals surface area contributed by atoms with Crippen molar-refractivity contribution in [2.45, 2.75) is 25.7 Å². The minimum Gasteiger partial charge on any atom is -0.365 e. The van der Waals surface area contributed by atoms with Crippen molar-refractivity contribution in [3.8, 4) is 0 Å². The van der Waals surface area contributed by atoms with Crippen molar-refractivity contribution < 1.29 is 14.4 Å². The smallest absolute Gasteiger partial charge is 0.266 e. The molecule has 0 spiro atoms. The van der Waals surface area contributed by atoms with Crippen molar-refractivity contribution in [2.75, 3.05) is 11.9 Å². The Labute approximate surface area is 187 Å². The van der Waals surface area contributed by atoms with E-state index in [1.165, 1.54) is 28.0 Å². The van der Waals surface area contributed by atoms with Crippen molar-refractivity contribution in [3.05, 3.63) is 56.8 Å². The Bertz CT molecular complexity index is 1080. The number of nitrogens with zero attached hydrogens (tertiary/aromatic N) is 1. The number of thiophene rings is 1. The number of carbonyl (C=O) groups is 3. The molecule has 1 aromatic carbocycles. The molecule has 0 unspecified atom stereocenters. The van der Waals surface area contributed by atoms with Crippen molar-refractivity contribution >= 4 is 68.4 Å². The summed E-state index contributed by atoms with van der Waals surface area (Å²) in [4.78, 5) is 40.3. The SMILES string of the molecule is NC(=O)c1c(NC(=O)CN2C(=O)/C(=C\c3ccccc3)SC2=S)sc2c1CCCC2. The number of aryl methyl sites for hydroxylation is 1. The number of hydrogen-bond donors (Lipinski definition) is 2. The molecule has 9 heteroatoms. The van der Waals surface area contributed by atoms with E-state index < -0.39 is 11.8 Å². The van der Waals surface area contributed by atoms with Crippen molar-refractivity contribution in [2.24, 2.45) is 5.73 Å². The van der Waals surface area contributed by atoms with Crippen LogP contribution in [0.15, 0.2) is 35.2 Å². The second kappa shape index (κ2) is 8.71. The van der Waals surface area contributed by atoms with Gasteiger partial charge in [-0.25, -0.2) is 0 Å².